The molecule has 0 spiro atoms. The molecule has 1 aromatic carbocycles. The number of hydrogen-bond donors (Lipinski definition) is 2. The molecule has 2 N–H and O–H groups in total. The Hall–Kier alpha value is -1.12. The number of amides is 2. The number of nitrogens with one attached hydrogen (secondary N) is 2. The van der Waals surface area contributed by atoms with Gasteiger partial charge in [-0.15, -0.1) is 0 Å². The first-order chi connectivity index (χ1) is 9.93. The second-order valence-corrected chi connectivity index (χ2v) is 5.83. The summed E-state index contributed by atoms with van der Waals surface area (Å²) in [5.41, 5.74) is 5.35. The van der Waals surface area contributed by atoms with Gasteiger partial charge < -0.3 is 9.47 Å². The van der Waals surface area contributed by atoms with Gasteiger partial charge in [0, 0.05) is 11.1 Å². The van der Waals surface area contributed by atoms with E-state index in [0.717, 1.165) is 14.5 Å². The molecule has 0 bridgehead atoms. The number of hydrazine groups is 1. The van der Waals surface area contributed by atoms with Crippen molar-refractivity contribution < 1.29 is 19.1 Å². The van der Waals surface area contributed by atoms with Gasteiger partial charge >= 0.3 is 0 Å². The molecule has 1 rings (SSSR count). The van der Waals surface area contributed by atoms with E-state index in [1.807, 2.05) is 19.1 Å². The normalized spacial score (nSPS) is 10.1. The lowest BCUT2D eigenvalue weighted by Crippen LogP contribution is -2.45. The Bertz CT molecular complexity index is 500. The maximum absolute atomic E-state index is 11.6. The fraction of sp³-hybridized carbons (Fsp3) is 0.385. The molecule has 0 aromatic heterocycles. The zero-order valence-corrected chi connectivity index (χ0v) is 14.8. The number of benzene rings is 1. The summed E-state index contributed by atoms with van der Waals surface area (Å²) in [5, 5.41) is 0. The molecule has 0 atom stereocenters. The molecular formula is C13H16Br2N2O4. The molecule has 2 amide bonds. The average molecular weight is 424 g/mol. The van der Waals surface area contributed by atoms with Gasteiger partial charge in [0.2, 0.25) is 0 Å². The first-order valence-electron chi connectivity index (χ1n) is 6.18. The van der Waals surface area contributed by atoms with Crippen LogP contribution in [-0.4, -0.2) is 31.6 Å². The minimum absolute atomic E-state index is 0.102. The molecule has 0 aliphatic carbocycles. The summed E-state index contributed by atoms with van der Waals surface area (Å²) in [4.78, 5) is 22.8. The SMILES string of the molecule is CCOCC(=O)NNC(=O)COc1c(C)cc(Br)cc1Br. The van der Waals surface area contributed by atoms with Crippen molar-refractivity contribution in [3.8, 4) is 5.75 Å². The summed E-state index contributed by atoms with van der Waals surface area (Å²) >= 11 is 6.73. The van der Waals surface area contributed by atoms with Crippen molar-refractivity contribution in [2.24, 2.45) is 0 Å². The summed E-state index contributed by atoms with van der Waals surface area (Å²) in [7, 11) is 0. The van der Waals surface area contributed by atoms with Gasteiger partial charge in [-0.1, -0.05) is 15.9 Å². The number of carbonyl (C=O) groups is 2. The summed E-state index contributed by atoms with van der Waals surface area (Å²) in [6, 6.07) is 3.70. The van der Waals surface area contributed by atoms with Gasteiger partial charge in [-0.25, -0.2) is 0 Å². The van der Waals surface area contributed by atoms with Crippen molar-refractivity contribution >= 4 is 43.7 Å². The van der Waals surface area contributed by atoms with Crippen LogP contribution in [0.3, 0.4) is 0 Å². The minimum Gasteiger partial charge on any atom is -0.482 e. The largest absolute Gasteiger partial charge is 0.482 e. The van der Waals surface area contributed by atoms with Crippen molar-refractivity contribution in [1.82, 2.24) is 10.9 Å². The lowest BCUT2D eigenvalue weighted by atomic mass is 10.2. The smallest absolute Gasteiger partial charge is 0.276 e. The fourth-order valence-corrected chi connectivity index (χ4v) is 2.97. The number of ether oxygens (including phenoxy) is 2. The van der Waals surface area contributed by atoms with Crippen LogP contribution < -0.4 is 15.6 Å². The summed E-state index contributed by atoms with van der Waals surface area (Å²) in [6.45, 7) is 3.76. The predicted molar refractivity (Wildman–Crippen MR) is 84.9 cm³/mol. The molecule has 8 heteroatoms. The van der Waals surface area contributed by atoms with Crippen molar-refractivity contribution in [2.75, 3.05) is 19.8 Å². The quantitative estimate of drug-likeness (QED) is 0.687. The van der Waals surface area contributed by atoms with Crippen LogP contribution >= 0.6 is 31.9 Å². The van der Waals surface area contributed by atoms with Gasteiger partial charge in [-0.05, 0) is 47.5 Å². The lowest BCUT2D eigenvalue weighted by molar-refractivity contribution is -0.132. The predicted octanol–water partition coefficient (Wildman–Crippen LogP) is 2.08. The number of carbonyl (C=O) groups excluding carboxylic acids is 2. The van der Waals surface area contributed by atoms with Gasteiger partial charge in [0.1, 0.15) is 12.4 Å². The Morgan fingerprint density at radius 3 is 2.33 bits per heavy atom. The van der Waals surface area contributed by atoms with Crippen LogP contribution in [0.2, 0.25) is 0 Å². The molecule has 0 fully saturated rings. The third-order valence-electron chi connectivity index (χ3n) is 2.32. The average Bonchev–Trinajstić information content (AvgIpc) is 2.41. The molecular weight excluding hydrogens is 408 g/mol. The molecule has 0 unspecified atom stereocenters. The molecule has 0 saturated heterocycles. The molecule has 116 valence electrons. The van der Waals surface area contributed by atoms with Crippen molar-refractivity contribution in [3.05, 3.63) is 26.6 Å². The molecule has 0 radical (unpaired) electrons. The van der Waals surface area contributed by atoms with Crippen molar-refractivity contribution in [1.29, 1.82) is 0 Å². The molecule has 0 saturated carbocycles. The van der Waals surface area contributed by atoms with Gasteiger partial charge in [-0.2, -0.15) is 0 Å². The van der Waals surface area contributed by atoms with E-state index in [4.69, 9.17) is 9.47 Å². The Morgan fingerprint density at radius 1 is 1.14 bits per heavy atom. The van der Waals surface area contributed by atoms with E-state index in [1.165, 1.54) is 0 Å². The Morgan fingerprint density at radius 2 is 1.76 bits per heavy atom. The lowest BCUT2D eigenvalue weighted by Gasteiger charge is -2.12. The summed E-state index contributed by atoms with van der Waals surface area (Å²) < 4.78 is 12.0. The first-order valence-corrected chi connectivity index (χ1v) is 7.76. The van der Waals surface area contributed by atoms with Crippen LogP contribution in [-0.2, 0) is 14.3 Å². The zero-order chi connectivity index (χ0) is 15.8. The van der Waals surface area contributed by atoms with Gasteiger partial charge in [0.05, 0.1) is 4.47 Å². The standard InChI is InChI=1S/C13H16Br2N2O4/c1-3-20-6-11(18)16-17-12(19)7-21-13-8(2)4-9(14)5-10(13)15/h4-5H,3,6-7H2,1-2H3,(H,16,18)(H,17,19). The Balaban J connectivity index is 2.42. The number of hydrogen-bond acceptors (Lipinski definition) is 4. The molecule has 0 heterocycles. The van der Waals surface area contributed by atoms with Gasteiger partial charge in [0.25, 0.3) is 11.8 Å². The highest BCUT2D eigenvalue weighted by Gasteiger charge is 2.10. The molecule has 1 aromatic rings. The monoisotopic (exact) mass is 422 g/mol. The van der Waals surface area contributed by atoms with E-state index in [2.05, 4.69) is 42.7 Å². The zero-order valence-electron chi connectivity index (χ0n) is 11.7. The van der Waals surface area contributed by atoms with Crippen molar-refractivity contribution in [2.45, 2.75) is 13.8 Å². The Labute approximate surface area is 139 Å². The third-order valence-corrected chi connectivity index (χ3v) is 3.37. The highest BCUT2D eigenvalue weighted by molar-refractivity contribution is 9.11. The van der Waals surface area contributed by atoms with E-state index in [1.54, 1.807) is 6.92 Å². The summed E-state index contributed by atoms with van der Waals surface area (Å²) in [5.74, 6) is -0.311. The highest BCUT2D eigenvalue weighted by atomic mass is 79.9. The molecule has 0 aliphatic rings. The number of rotatable bonds is 6. The molecule has 0 aliphatic heterocycles. The second-order valence-electron chi connectivity index (χ2n) is 4.06. The van der Waals surface area contributed by atoms with Crippen LogP contribution in [0.1, 0.15) is 12.5 Å². The van der Waals surface area contributed by atoms with Crippen LogP contribution in [0.5, 0.6) is 5.75 Å². The topological polar surface area (TPSA) is 76.7 Å². The van der Waals surface area contributed by atoms with E-state index in [9.17, 15) is 9.59 Å². The third kappa shape index (κ3) is 6.45. The van der Waals surface area contributed by atoms with Crippen LogP contribution in [0.25, 0.3) is 0 Å². The maximum Gasteiger partial charge on any atom is 0.276 e. The number of halogens is 2. The first kappa shape index (κ1) is 17.9. The number of aryl methyl sites for hydroxylation is 1. The maximum atomic E-state index is 11.6. The van der Waals surface area contributed by atoms with Crippen LogP contribution in [0.4, 0.5) is 0 Å². The fourth-order valence-electron chi connectivity index (χ4n) is 1.42. The van der Waals surface area contributed by atoms with E-state index in [0.29, 0.717) is 12.4 Å². The molecule has 21 heavy (non-hydrogen) atoms. The van der Waals surface area contributed by atoms with E-state index >= 15 is 0 Å². The molecule has 6 nitrogen and oxygen atoms in total. The minimum atomic E-state index is -0.464. The Kier molecular flexibility index (Phi) is 7.69. The van der Waals surface area contributed by atoms with Gasteiger partial charge in [-0.3, -0.25) is 20.4 Å². The summed E-state index contributed by atoms with van der Waals surface area (Å²) in [6.07, 6.45) is 0. The highest BCUT2D eigenvalue weighted by Crippen LogP contribution is 2.32. The van der Waals surface area contributed by atoms with Crippen LogP contribution in [0, 0.1) is 6.92 Å². The second kappa shape index (κ2) is 9.01. The van der Waals surface area contributed by atoms with Crippen LogP contribution in [0.15, 0.2) is 21.1 Å². The van der Waals surface area contributed by atoms with E-state index in [-0.39, 0.29) is 13.2 Å². The van der Waals surface area contributed by atoms with E-state index < -0.39 is 11.8 Å². The van der Waals surface area contributed by atoms with Gasteiger partial charge in [0.15, 0.2) is 6.61 Å². The van der Waals surface area contributed by atoms with Crippen molar-refractivity contribution in [3.63, 3.8) is 0 Å².